The largest absolute Gasteiger partial charge is 0.494 e. The minimum atomic E-state index is -3.99. The first-order chi connectivity index (χ1) is 22.6. The number of likely N-dealkylation sites (tertiary alicyclic amines) is 1. The van der Waals surface area contributed by atoms with Gasteiger partial charge in [0.2, 0.25) is 11.8 Å². The third-order valence-electron chi connectivity index (χ3n) is 7.70. The van der Waals surface area contributed by atoms with Gasteiger partial charge in [-0.3, -0.25) is 19.2 Å². The average molecular weight is 691 g/mol. The Kier molecular flexibility index (Phi) is 10.7. The molecule has 12 nitrogen and oxygen atoms in total. The molecule has 3 aromatic rings. The number of rotatable bonds is 11. The maximum atomic E-state index is 15.1. The fourth-order valence-corrected chi connectivity index (χ4v) is 6.55. The molecule has 0 bridgehead atoms. The normalized spacial score (nSPS) is 16.6. The maximum absolute atomic E-state index is 15.1. The van der Waals surface area contributed by atoms with Crippen LogP contribution in [0.5, 0.6) is 5.75 Å². The first-order valence-electron chi connectivity index (χ1n) is 14.5. The highest BCUT2D eigenvalue weighted by Crippen LogP contribution is 2.43. The Morgan fingerprint density at radius 1 is 1.02 bits per heavy atom. The van der Waals surface area contributed by atoms with E-state index in [9.17, 15) is 36.4 Å². The summed E-state index contributed by atoms with van der Waals surface area (Å²) in [6.07, 6.45) is 0.951. The zero-order valence-electron chi connectivity index (χ0n) is 26.3. The highest BCUT2D eigenvalue weighted by molar-refractivity contribution is 7.90. The zero-order valence-corrected chi connectivity index (χ0v) is 27.1. The molecule has 3 amide bonds. The topological polar surface area (TPSA) is 174 Å². The molecular weight excluding hydrogens is 657 g/mol. The molecule has 0 saturated carbocycles. The fourth-order valence-electron chi connectivity index (χ4n) is 5.63. The Balaban J connectivity index is 1.94. The number of nitrogens with two attached hydrogens (primary N) is 1. The van der Waals surface area contributed by atoms with E-state index in [1.54, 1.807) is 6.92 Å². The van der Waals surface area contributed by atoms with E-state index in [1.165, 1.54) is 43.2 Å². The monoisotopic (exact) mass is 690 g/mol. The van der Waals surface area contributed by atoms with Gasteiger partial charge < -0.3 is 30.7 Å². The zero-order chi connectivity index (χ0) is 35.5. The van der Waals surface area contributed by atoms with E-state index in [-0.39, 0.29) is 47.0 Å². The number of sulfone groups is 1. The predicted octanol–water partition coefficient (Wildman–Crippen LogP) is 3.88. The van der Waals surface area contributed by atoms with Crippen molar-refractivity contribution in [1.29, 1.82) is 0 Å². The first kappa shape index (κ1) is 35.7. The highest BCUT2D eigenvalue weighted by atomic mass is 32.2. The molecule has 4 N–H and O–H groups in total. The summed E-state index contributed by atoms with van der Waals surface area (Å²) in [4.78, 5) is 52.6. The van der Waals surface area contributed by atoms with E-state index >= 15 is 4.39 Å². The van der Waals surface area contributed by atoms with Crippen LogP contribution in [0.15, 0.2) is 53.4 Å². The van der Waals surface area contributed by atoms with Crippen LogP contribution in [0, 0.1) is 23.4 Å². The number of hydrogen-bond acceptors (Lipinski definition) is 9. The van der Waals surface area contributed by atoms with Gasteiger partial charge in [-0.05, 0) is 60.9 Å². The van der Waals surface area contributed by atoms with Crippen molar-refractivity contribution in [3.05, 3.63) is 82.7 Å². The standard InChI is InChI=1S/C32H33F3N4O8S/c1-5-47-32(43)19-10-11-39(29(19)21-13-18(37-16(2)40)7-9-27(21)48(4,44)45)31(42)28(17-6-8-22(33)26(12-17)46-3)38-25-14-20(30(36)41)23(34)15-24(25)35/h6-9,12-15,19,28-29,38H,5,10-11H2,1-4H3,(H2,36,41)(H,37,40)/t19-,28-,29+/m0/s1. The third kappa shape index (κ3) is 7.54. The minimum absolute atomic E-state index is 0.00735. The first-order valence-corrected chi connectivity index (χ1v) is 16.4. The van der Waals surface area contributed by atoms with Crippen LogP contribution < -0.4 is 21.1 Å². The molecule has 1 fully saturated rings. The van der Waals surface area contributed by atoms with Crippen LogP contribution >= 0.6 is 0 Å². The molecule has 0 aromatic heterocycles. The number of methoxy groups -OCH3 is 1. The van der Waals surface area contributed by atoms with E-state index in [4.69, 9.17) is 15.2 Å². The molecule has 1 heterocycles. The number of amides is 3. The lowest BCUT2D eigenvalue weighted by Crippen LogP contribution is -2.40. The number of ether oxygens (including phenoxy) is 2. The third-order valence-corrected chi connectivity index (χ3v) is 8.87. The molecule has 0 radical (unpaired) electrons. The summed E-state index contributed by atoms with van der Waals surface area (Å²) >= 11 is 0. The number of anilines is 2. The molecule has 3 atom stereocenters. The van der Waals surface area contributed by atoms with Gasteiger partial charge >= 0.3 is 5.97 Å². The Labute approximate surface area is 274 Å². The lowest BCUT2D eigenvalue weighted by molar-refractivity contribution is -0.149. The van der Waals surface area contributed by atoms with Gasteiger partial charge in [-0.25, -0.2) is 21.6 Å². The Morgan fingerprint density at radius 3 is 2.33 bits per heavy atom. The molecule has 3 aromatic carbocycles. The molecule has 0 aliphatic carbocycles. The number of nitrogens with zero attached hydrogens (tertiary/aromatic N) is 1. The van der Waals surface area contributed by atoms with Gasteiger partial charge in [-0.2, -0.15) is 0 Å². The van der Waals surface area contributed by atoms with Crippen LogP contribution in [0.4, 0.5) is 24.5 Å². The number of carbonyl (C=O) groups excluding carboxylic acids is 4. The summed E-state index contributed by atoms with van der Waals surface area (Å²) in [5.74, 6) is -7.88. The highest BCUT2D eigenvalue weighted by Gasteiger charge is 2.46. The van der Waals surface area contributed by atoms with E-state index in [2.05, 4.69) is 10.6 Å². The molecule has 0 spiro atoms. The summed E-state index contributed by atoms with van der Waals surface area (Å²) < 4.78 is 80.2. The number of benzene rings is 3. The van der Waals surface area contributed by atoms with Crippen molar-refractivity contribution in [1.82, 2.24) is 4.90 Å². The van der Waals surface area contributed by atoms with Crippen LogP contribution in [0.3, 0.4) is 0 Å². The molecule has 1 saturated heterocycles. The lowest BCUT2D eigenvalue weighted by atomic mass is 9.92. The quantitative estimate of drug-likeness (QED) is 0.252. The molecule has 256 valence electrons. The van der Waals surface area contributed by atoms with Crippen molar-refractivity contribution in [2.24, 2.45) is 11.7 Å². The van der Waals surface area contributed by atoms with Crippen LogP contribution in [0.1, 0.15) is 53.8 Å². The number of primary amides is 1. The number of nitrogens with one attached hydrogen (secondary N) is 2. The SMILES string of the molecule is CCOC(=O)[C@H]1CCN(C(=O)[C@@H](Nc2cc(C(N)=O)c(F)cc2F)c2ccc(F)c(OC)c2)[C@H]1c1cc(NC(C)=O)ccc1S(C)(=O)=O. The molecule has 1 aliphatic rings. The van der Waals surface area contributed by atoms with Crippen LogP contribution in [0.2, 0.25) is 0 Å². The second-order valence-corrected chi connectivity index (χ2v) is 13.0. The van der Waals surface area contributed by atoms with Gasteiger partial charge in [-0.15, -0.1) is 0 Å². The summed E-state index contributed by atoms with van der Waals surface area (Å²) in [6, 6.07) is 5.56. The van der Waals surface area contributed by atoms with Gasteiger partial charge in [0, 0.05) is 31.5 Å². The number of esters is 1. The summed E-state index contributed by atoms with van der Waals surface area (Å²) in [7, 11) is -2.81. The Bertz CT molecular complexity index is 1890. The number of carbonyl (C=O) groups is 4. The van der Waals surface area contributed by atoms with E-state index in [1.807, 2.05) is 0 Å². The van der Waals surface area contributed by atoms with Gasteiger partial charge in [0.1, 0.15) is 17.7 Å². The van der Waals surface area contributed by atoms with Crippen LogP contribution in [-0.4, -0.2) is 63.5 Å². The molecule has 4 rings (SSSR count). The Hall–Kier alpha value is -5.12. The summed E-state index contributed by atoms with van der Waals surface area (Å²) in [6.45, 7) is 2.66. The van der Waals surface area contributed by atoms with Crippen molar-refractivity contribution in [2.45, 2.75) is 37.2 Å². The van der Waals surface area contributed by atoms with E-state index in [0.717, 1.165) is 24.5 Å². The van der Waals surface area contributed by atoms with E-state index in [0.29, 0.717) is 6.07 Å². The molecular formula is C32H33F3N4O8S. The average Bonchev–Trinajstić information content (AvgIpc) is 3.45. The number of hydrogen-bond donors (Lipinski definition) is 3. The van der Waals surface area contributed by atoms with Crippen LogP contribution in [0.25, 0.3) is 0 Å². The van der Waals surface area contributed by atoms with Crippen LogP contribution in [-0.2, 0) is 29.0 Å². The molecule has 1 aliphatic heterocycles. The molecule has 48 heavy (non-hydrogen) atoms. The summed E-state index contributed by atoms with van der Waals surface area (Å²) in [5.41, 5.74) is 4.24. The summed E-state index contributed by atoms with van der Waals surface area (Å²) in [5, 5.41) is 5.21. The maximum Gasteiger partial charge on any atom is 0.311 e. The number of halogens is 3. The molecule has 16 heteroatoms. The lowest BCUT2D eigenvalue weighted by Gasteiger charge is -2.33. The second kappa shape index (κ2) is 14.3. The van der Waals surface area contributed by atoms with Crippen molar-refractivity contribution in [2.75, 3.05) is 37.2 Å². The smallest absolute Gasteiger partial charge is 0.311 e. The molecule has 0 unspecified atom stereocenters. The van der Waals surface area contributed by atoms with Gasteiger partial charge in [0.05, 0.1) is 41.8 Å². The van der Waals surface area contributed by atoms with Crippen molar-refractivity contribution in [3.8, 4) is 5.75 Å². The predicted molar refractivity (Wildman–Crippen MR) is 167 cm³/mol. The van der Waals surface area contributed by atoms with Gasteiger partial charge in [0.25, 0.3) is 5.91 Å². The van der Waals surface area contributed by atoms with Gasteiger partial charge in [0.15, 0.2) is 21.4 Å². The van der Waals surface area contributed by atoms with Crippen molar-refractivity contribution >= 4 is 44.9 Å². The van der Waals surface area contributed by atoms with Crippen molar-refractivity contribution in [3.63, 3.8) is 0 Å². The fraction of sp³-hybridized carbons (Fsp3) is 0.312. The minimum Gasteiger partial charge on any atom is -0.494 e. The Morgan fingerprint density at radius 2 is 1.73 bits per heavy atom. The van der Waals surface area contributed by atoms with Gasteiger partial charge in [-0.1, -0.05) is 6.07 Å². The second-order valence-electron chi connectivity index (χ2n) is 11.0. The van der Waals surface area contributed by atoms with E-state index < -0.39 is 80.2 Å². The van der Waals surface area contributed by atoms with Crippen molar-refractivity contribution < 1.29 is 50.2 Å².